The molecule has 2 heterocycles. The molecule has 24 heavy (non-hydrogen) atoms. The van der Waals surface area contributed by atoms with Gasteiger partial charge in [-0.2, -0.15) is 0 Å². The van der Waals surface area contributed by atoms with E-state index in [-0.39, 0.29) is 30.7 Å². The molecule has 0 saturated carbocycles. The lowest BCUT2D eigenvalue weighted by Gasteiger charge is -2.32. The van der Waals surface area contributed by atoms with E-state index in [9.17, 15) is 4.79 Å². The van der Waals surface area contributed by atoms with Crippen LogP contribution in [0.3, 0.4) is 0 Å². The number of carbonyl (C=O) groups excluding carboxylic acids is 1. The maximum atomic E-state index is 12.7. The molecule has 4 nitrogen and oxygen atoms in total. The Morgan fingerprint density at radius 2 is 1.88 bits per heavy atom. The summed E-state index contributed by atoms with van der Waals surface area (Å²) >= 11 is 0. The third-order valence-corrected chi connectivity index (χ3v) is 4.04. The molecule has 2 aromatic rings. The number of nitrogens with one attached hydrogen (secondary N) is 1. The van der Waals surface area contributed by atoms with E-state index in [0.29, 0.717) is 11.6 Å². The lowest BCUT2D eigenvalue weighted by Crippen LogP contribution is -2.51. The molecule has 1 aliphatic rings. The van der Waals surface area contributed by atoms with Crippen molar-refractivity contribution < 1.29 is 4.79 Å². The van der Waals surface area contributed by atoms with Crippen LogP contribution in [0.4, 0.5) is 0 Å². The van der Waals surface area contributed by atoms with Crippen LogP contribution in [-0.4, -0.2) is 41.5 Å². The largest absolute Gasteiger partial charge is 0.336 e. The van der Waals surface area contributed by atoms with Crippen molar-refractivity contribution in [3.8, 4) is 11.3 Å². The quantitative estimate of drug-likeness (QED) is 0.885. The lowest BCUT2D eigenvalue weighted by molar-refractivity contribution is 0.0708. The van der Waals surface area contributed by atoms with Crippen LogP contribution < -0.4 is 5.32 Å². The van der Waals surface area contributed by atoms with Gasteiger partial charge in [-0.1, -0.05) is 30.3 Å². The van der Waals surface area contributed by atoms with Crippen molar-refractivity contribution in [2.75, 3.05) is 19.6 Å². The van der Waals surface area contributed by atoms with E-state index in [2.05, 4.69) is 17.2 Å². The second-order valence-electron chi connectivity index (χ2n) is 5.80. The van der Waals surface area contributed by atoms with Gasteiger partial charge in [0.1, 0.15) is 0 Å². The first-order valence-electron chi connectivity index (χ1n) is 7.71. The maximum absolute atomic E-state index is 12.7. The predicted molar refractivity (Wildman–Crippen MR) is 102 cm³/mol. The standard InChI is InChI=1S/C18H21N3O.2ClH/c1-13-12-21(11-10-19-13)18(22)16-8-9-17(20-14(16)2)15-6-4-3-5-7-15;;/h3-9,13,19H,10-12H2,1-2H3;2*1H. The number of amides is 1. The normalized spacial score (nSPS) is 16.8. The first kappa shape index (κ1) is 20.4. The van der Waals surface area contributed by atoms with Crippen molar-refractivity contribution in [3.05, 3.63) is 53.7 Å². The fraction of sp³-hybridized carbons (Fsp3) is 0.333. The highest BCUT2D eigenvalue weighted by atomic mass is 35.5. The van der Waals surface area contributed by atoms with E-state index in [0.717, 1.165) is 36.6 Å². The van der Waals surface area contributed by atoms with Gasteiger partial charge >= 0.3 is 0 Å². The molecule has 1 aromatic carbocycles. The molecule has 1 fully saturated rings. The Bertz CT molecular complexity index is 679. The average Bonchev–Trinajstić information content (AvgIpc) is 2.55. The van der Waals surface area contributed by atoms with Crippen LogP contribution in [0.15, 0.2) is 42.5 Å². The van der Waals surface area contributed by atoms with Crippen molar-refractivity contribution in [1.82, 2.24) is 15.2 Å². The van der Waals surface area contributed by atoms with Gasteiger partial charge < -0.3 is 10.2 Å². The summed E-state index contributed by atoms with van der Waals surface area (Å²) in [6, 6.07) is 14.2. The number of hydrogen-bond acceptors (Lipinski definition) is 3. The second kappa shape index (κ2) is 9.02. The van der Waals surface area contributed by atoms with Gasteiger partial charge in [0.15, 0.2) is 0 Å². The SMILES string of the molecule is Cc1nc(-c2ccccc2)ccc1C(=O)N1CCNC(C)C1.Cl.Cl. The molecule has 3 rings (SSSR count). The van der Waals surface area contributed by atoms with Gasteiger partial charge in [0.2, 0.25) is 0 Å². The summed E-state index contributed by atoms with van der Waals surface area (Å²) in [4.78, 5) is 19.2. The predicted octanol–water partition coefficient (Wildman–Crippen LogP) is 3.33. The number of nitrogens with zero attached hydrogens (tertiary/aromatic N) is 2. The summed E-state index contributed by atoms with van der Waals surface area (Å²) in [5, 5.41) is 3.35. The van der Waals surface area contributed by atoms with Crippen molar-refractivity contribution in [1.29, 1.82) is 0 Å². The van der Waals surface area contributed by atoms with E-state index in [1.165, 1.54) is 0 Å². The van der Waals surface area contributed by atoms with Crippen LogP contribution in [0, 0.1) is 6.92 Å². The van der Waals surface area contributed by atoms with Gasteiger partial charge in [-0.25, -0.2) is 0 Å². The molecule has 1 atom stereocenters. The first-order chi connectivity index (χ1) is 10.6. The number of hydrogen-bond donors (Lipinski definition) is 1. The molecule has 1 aliphatic heterocycles. The topological polar surface area (TPSA) is 45.2 Å². The Labute approximate surface area is 155 Å². The van der Waals surface area contributed by atoms with Gasteiger partial charge in [0.05, 0.1) is 17.0 Å². The third kappa shape index (κ3) is 4.47. The number of carbonyl (C=O) groups is 1. The van der Waals surface area contributed by atoms with Crippen LogP contribution in [0.25, 0.3) is 11.3 Å². The average molecular weight is 368 g/mol. The monoisotopic (exact) mass is 367 g/mol. The molecular formula is C18H23Cl2N3O. The molecule has 0 aliphatic carbocycles. The fourth-order valence-electron chi connectivity index (χ4n) is 2.84. The number of rotatable bonds is 2. The summed E-state index contributed by atoms with van der Waals surface area (Å²) in [5.74, 6) is 0.0814. The number of halogens is 2. The summed E-state index contributed by atoms with van der Waals surface area (Å²) < 4.78 is 0. The van der Waals surface area contributed by atoms with E-state index in [1.807, 2.05) is 54.3 Å². The molecular weight excluding hydrogens is 345 g/mol. The zero-order chi connectivity index (χ0) is 15.5. The molecule has 0 bridgehead atoms. The number of benzene rings is 1. The Balaban J connectivity index is 0.00000144. The maximum Gasteiger partial charge on any atom is 0.255 e. The minimum absolute atomic E-state index is 0. The van der Waals surface area contributed by atoms with Gasteiger partial charge in [-0.15, -0.1) is 24.8 Å². The number of aromatic nitrogens is 1. The Kier molecular flexibility index (Phi) is 7.67. The molecule has 1 saturated heterocycles. The highest BCUT2D eigenvalue weighted by molar-refractivity contribution is 5.95. The fourth-order valence-corrected chi connectivity index (χ4v) is 2.84. The highest BCUT2D eigenvalue weighted by Crippen LogP contribution is 2.19. The van der Waals surface area contributed by atoms with Gasteiger partial charge in [-0.05, 0) is 26.0 Å². The lowest BCUT2D eigenvalue weighted by atomic mass is 10.1. The first-order valence-corrected chi connectivity index (χ1v) is 7.71. The van der Waals surface area contributed by atoms with Crippen molar-refractivity contribution >= 4 is 30.7 Å². The van der Waals surface area contributed by atoms with E-state index in [4.69, 9.17) is 0 Å². The number of aryl methyl sites for hydroxylation is 1. The van der Waals surface area contributed by atoms with Gasteiger partial charge in [-0.3, -0.25) is 9.78 Å². The Hall–Kier alpha value is -1.62. The van der Waals surface area contributed by atoms with E-state index in [1.54, 1.807) is 0 Å². The number of piperazine rings is 1. The highest BCUT2D eigenvalue weighted by Gasteiger charge is 2.23. The third-order valence-electron chi connectivity index (χ3n) is 4.04. The molecule has 1 unspecified atom stereocenters. The van der Waals surface area contributed by atoms with E-state index < -0.39 is 0 Å². The Morgan fingerprint density at radius 1 is 1.17 bits per heavy atom. The van der Waals surface area contributed by atoms with Crippen LogP contribution in [0.2, 0.25) is 0 Å². The molecule has 0 spiro atoms. The molecule has 1 amide bonds. The summed E-state index contributed by atoms with van der Waals surface area (Å²) in [5.41, 5.74) is 3.47. The molecule has 0 radical (unpaired) electrons. The minimum Gasteiger partial charge on any atom is -0.336 e. The minimum atomic E-state index is 0. The van der Waals surface area contributed by atoms with Gasteiger partial charge in [0, 0.05) is 31.2 Å². The smallest absolute Gasteiger partial charge is 0.255 e. The molecule has 6 heteroatoms. The van der Waals surface area contributed by atoms with Crippen LogP contribution >= 0.6 is 24.8 Å². The molecule has 130 valence electrons. The van der Waals surface area contributed by atoms with Gasteiger partial charge in [0.25, 0.3) is 5.91 Å². The van der Waals surface area contributed by atoms with E-state index >= 15 is 0 Å². The second-order valence-corrected chi connectivity index (χ2v) is 5.80. The summed E-state index contributed by atoms with van der Waals surface area (Å²) in [7, 11) is 0. The number of pyridine rings is 1. The zero-order valence-corrected chi connectivity index (χ0v) is 15.5. The van der Waals surface area contributed by atoms with Crippen molar-refractivity contribution in [3.63, 3.8) is 0 Å². The van der Waals surface area contributed by atoms with Crippen LogP contribution in [0.1, 0.15) is 23.0 Å². The van der Waals surface area contributed by atoms with Crippen molar-refractivity contribution in [2.24, 2.45) is 0 Å². The molecule has 1 aromatic heterocycles. The Morgan fingerprint density at radius 3 is 2.50 bits per heavy atom. The van der Waals surface area contributed by atoms with Crippen molar-refractivity contribution in [2.45, 2.75) is 19.9 Å². The van der Waals surface area contributed by atoms with Crippen LogP contribution in [0.5, 0.6) is 0 Å². The summed E-state index contributed by atoms with van der Waals surface area (Å²) in [6.07, 6.45) is 0. The summed E-state index contributed by atoms with van der Waals surface area (Å²) in [6.45, 7) is 6.36. The zero-order valence-electron chi connectivity index (χ0n) is 13.9. The molecule has 1 N–H and O–H groups in total. The van der Waals surface area contributed by atoms with Crippen LogP contribution in [-0.2, 0) is 0 Å².